The number of nitrogen functional groups attached to an aromatic ring is 1. The second kappa shape index (κ2) is 3.81. The zero-order valence-electron chi connectivity index (χ0n) is 7.83. The van der Waals surface area contributed by atoms with Crippen molar-refractivity contribution < 1.29 is 4.52 Å². The van der Waals surface area contributed by atoms with Crippen LogP contribution in [0.3, 0.4) is 0 Å². The molecule has 72 valence electrons. The molecule has 0 amide bonds. The van der Waals surface area contributed by atoms with Crippen LogP contribution in [-0.4, -0.2) is 5.16 Å². The van der Waals surface area contributed by atoms with Gasteiger partial charge in [-0.05, 0) is 18.8 Å². The molecule has 0 bridgehead atoms. The van der Waals surface area contributed by atoms with E-state index in [9.17, 15) is 0 Å². The third kappa shape index (κ3) is 2.23. The van der Waals surface area contributed by atoms with Crippen molar-refractivity contribution in [1.29, 1.82) is 0 Å². The smallest absolute Gasteiger partial charge is 0.222 e. The number of nitrogens with two attached hydrogens (primary N) is 1. The van der Waals surface area contributed by atoms with Gasteiger partial charge in [0.05, 0.1) is 5.69 Å². The molecule has 0 saturated heterocycles. The Morgan fingerprint density at radius 2 is 2.23 bits per heavy atom. The van der Waals surface area contributed by atoms with Crippen LogP contribution in [0.25, 0.3) is 0 Å². The minimum atomic E-state index is 0.432. The summed E-state index contributed by atoms with van der Waals surface area (Å²) < 4.78 is 4.81. The molecule has 0 atom stereocenters. The third-order valence-electron chi connectivity index (χ3n) is 2.86. The Hall–Kier alpha value is -0.990. The standard InChI is InChI=1S/C10H16N2O/c11-10-7-9(12-13-10)6-5-8-3-1-2-4-8/h7-8H,1-6,11H2. The molecule has 1 fully saturated rings. The molecule has 0 unspecified atom stereocenters. The van der Waals surface area contributed by atoms with Gasteiger partial charge in [0.2, 0.25) is 5.88 Å². The van der Waals surface area contributed by atoms with Crippen LogP contribution >= 0.6 is 0 Å². The van der Waals surface area contributed by atoms with E-state index in [0.29, 0.717) is 5.88 Å². The van der Waals surface area contributed by atoms with Crippen LogP contribution in [0, 0.1) is 5.92 Å². The fourth-order valence-electron chi connectivity index (χ4n) is 2.10. The van der Waals surface area contributed by atoms with Crippen molar-refractivity contribution in [2.75, 3.05) is 5.73 Å². The van der Waals surface area contributed by atoms with Crippen molar-refractivity contribution >= 4 is 5.88 Å². The molecule has 3 heteroatoms. The van der Waals surface area contributed by atoms with Crippen LogP contribution in [0.5, 0.6) is 0 Å². The van der Waals surface area contributed by atoms with E-state index < -0.39 is 0 Å². The van der Waals surface area contributed by atoms with Crippen LogP contribution in [0.1, 0.15) is 37.8 Å². The van der Waals surface area contributed by atoms with Crippen LogP contribution in [0.4, 0.5) is 5.88 Å². The maximum atomic E-state index is 5.43. The summed E-state index contributed by atoms with van der Waals surface area (Å²) in [5.74, 6) is 1.35. The van der Waals surface area contributed by atoms with Crippen molar-refractivity contribution in [2.45, 2.75) is 38.5 Å². The van der Waals surface area contributed by atoms with Gasteiger partial charge in [-0.15, -0.1) is 0 Å². The molecule has 1 heterocycles. The first-order chi connectivity index (χ1) is 6.34. The summed E-state index contributed by atoms with van der Waals surface area (Å²) in [7, 11) is 0. The molecule has 1 saturated carbocycles. The Morgan fingerprint density at radius 3 is 2.85 bits per heavy atom. The lowest BCUT2D eigenvalue weighted by Gasteiger charge is -2.05. The highest BCUT2D eigenvalue weighted by Crippen LogP contribution is 2.28. The van der Waals surface area contributed by atoms with E-state index in [1.807, 2.05) is 6.07 Å². The number of hydrogen-bond acceptors (Lipinski definition) is 3. The minimum absolute atomic E-state index is 0.432. The molecule has 0 aromatic carbocycles. The van der Waals surface area contributed by atoms with E-state index in [-0.39, 0.29) is 0 Å². The molecular weight excluding hydrogens is 164 g/mol. The molecule has 2 N–H and O–H groups in total. The average Bonchev–Trinajstić information content (AvgIpc) is 2.71. The fourth-order valence-corrected chi connectivity index (χ4v) is 2.10. The lowest BCUT2D eigenvalue weighted by Crippen LogP contribution is -1.96. The predicted octanol–water partition coefficient (Wildman–Crippen LogP) is 2.38. The van der Waals surface area contributed by atoms with E-state index in [1.165, 1.54) is 32.1 Å². The maximum absolute atomic E-state index is 5.43. The lowest BCUT2D eigenvalue weighted by atomic mass is 10.0. The molecule has 1 aliphatic rings. The molecule has 1 aliphatic carbocycles. The topological polar surface area (TPSA) is 52.0 Å². The largest absolute Gasteiger partial charge is 0.368 e. The van der Waals surface area contributed by atoms with Crippen molar-refractivity contribution in [3.63, 3.8) is 0 Å². The average molecular weight is 180 g/mol. The number of aromatic nitrogens is 1. The highest BCUT2D eigenvalue weighted by atomic mass is 16.5. The summed E-state index contributed by atoms with van der Waals surface area (Å²) in [6, 6.07) is 1.83. The van der Waals surface area contributed by atoms with Gasteiger partial charge in [0.15, 0.2) is 0 Å². The van der Waals surface area contributed by atoms with Crippen molar-refractivity contribution in [2.24, 2.45) is 5.92 Å². The van der Waals surface area contributed by atoms with Gasteiger partial charge in [0, 0.05) is 6.07 Å². The normalized spacial score (nSPS) is 18.2. The first kappa shape index (κ1) is 8.60. The van der Waals surface area contributed by atoms with Crippen molar-refractivity contribution in [1.82, 2.24) is 5.16 Å². The Bertz CT molecular complexity index is 264. The van der Waals surface area contributed by atoms with Gasteiger partial charge in [-0.2, -0.15) is 0 Å². The van der Waals surface area contributed by atoms with Gasteiger partial charge in [0.1, 0.15) is 0 Å². The summed E-state index contributed by atoms with van der Waals surface area (Å²) in [5.41, 5.74) is 6.44. The molecule has 3 nitrogen and oxygen atoms in total. The molecule has 1 aromatic heterocycles. The highest BCUT2D eigenvalue weighted by Gasteiger charge is 2.15. The van der Waals surface area contributed by atoms with Crippen LogP contribution in [0.15, 0.2) is 10.6 Å². The summed E-state index contributed by atoms with van der Waals surface area (Å²) in [4.78, 5) is 0. The summed E-state index contributed by atoms with van der Waals surface area (Å²) in [6.07, 6.45) is 7.87. The maximum Gasteiger partial charge on any atom is 0.222 e. The van der Waals surface area contributed by atoms with E-state index in [2.05, 4.69) is 5.16 Å². The highest BCUT2D eigenvalue weighted by molar-refractivity contribution is 5.24. The Labute approximate surface area is 78.3 Å². The van der Waals surface area contributed by atoms with Gasteiger partial charge in [-0.1, -0.05) is 30.8 Å². The fraction of sp³-hybridized carbons (Fsp3) is 0.700. The van der Waals surface area contributed by atoms with Crippen molar-refractivity contribution in [3.8, 4) is 0 Å². The van der Waals surface area contributed by atoms with E-state index in [0.717, 1.165) is 18.0 Å². The molecule has 0 aliphatic heterocycles. The van der Waals surface area contributed by atoms with Crippen LogP contribution < -0.4 is 5.73 Å². The zero-order valence-corrected chi connectivity index (χ0v) is 7.83. The Balaban J connectivity index is 1.78. The summed E-state index contributed by atoms with van der Waals surface area (Å²) >= 11 is 0. The molecule has 0 spiro atoms. The molecule has 1 aromatic rings. The molecule has 13 heavy (non-hydrogen) atoms. The minimum Gasteiger partial charge on any atom is -0.368 e. The van der Waals surface area contributed by atoms with Crippen LogP contribution in [-0.2, 0) is 6.42 Å². The van der Waals surface area contributed by atoms with Crippen molar-refractivity contribution in [3.05, 3.63) is 11.8 Å². The van der Waals surface area contributed by atoms with E-state index in [4.69, 9.17) is 10.3 Å². The number of aryl methyl sites for hydroxylation is 1. The quantitative estimate of drug-likeness (QED) is 0.777. The Morgan fingerprint density at radius 1 is 1.46 bits per heavy atom. The van der Waals surface area contributed by atoms with Gasteiger partial charge >= 0.3 is 0 Å². The number of rotatable bonds is 3. The predicted molar refractivity (Wildman–Crippen MR) is 51.2 cm³/mol. The number of anilines is 1. The van der Waals surface area contributed by atoms with Gasteiger partial charge in [0.25, 0.3) is 0 Å². The molecular formula is C10H16N2O. The second-order valence-corrected chi connectivity index (χ2v) is 3.91. The Kier molecular flexibility index (Phi) is 2.52. The lowest BCUT2D eigenvalue weighted by molar-refractivity contribution is 0.419. The second-order valence-electron chi connectivity index (χ2n) is 3.91. The summed E-state index contributed by atoms with van der Waals surface area (Å²) in [6.45, 7) is 0. The molecule has 2 rings (SSSR count). The van der Waals surface area contributed by atoms with Gasteiger partial charge in [-0.25, -0.2) is 0 Å². The summed E-state index contributed by atoms with van der Waals surface area (Å²) in [5, 5.41) is 3.88. The number of nitrogens with zero attached hydrogens (tertiary/aromatic N) is 1. The van der Waals surface area contributed by atoms with Gasteiger partial charge in [-0.3, -0.25) is 0 Å². The number of hydrogen-bond donors (Lipinski definition) is 1. The SMILES string of the molecule is Nc1cc(CCC2CCCC2)no1. The van der Waals surface area contributed by atoms with E-state index in [1.54, 1.807) is 0 Å². The van der Waals surface area contributed by atoms with Gasteiger partial charge < -0.3 is 10.3 Å². The monoisotopic (exact) mass is 180 g/mol. The first-order valence-electron chi connectivity index (χ1n) is 5.05. The zero-order chi connectivity index (χ0) is 9.10. The molecule has 0 radical (unpaired) electrons. The van der Waals surface area contributed by atoms with Crippen LogP contribution in [0.2, 0.25) is 0 Å². The van der Waals surface area contributed by atoms with E-state index >= 15 is 0 Å². The third-order valence-corrected chi connectivity index (χ3v) is 2.86. The first-order valence-corrected chi connectivity index (χ1v) is 5.05.